The third-order valence-electron chi connectivity index (χ3n) is 5.23. The van der Waals surface area contributed by atoms with Crippen LogP contribution in [0.4, 0.5) is 0 Å². The quantitative estimate of drug-likeness (QED) is 0.209. The zero-order valence-corrected chi connectivity index (χ0v) is 18.2. The molecular formula is C22H40O7. The van der Waals surface area contributed by atoms with E-state index in [0.717, 1.165) is 6.42 Å². The molecule has 1 unspecified atom stereocenters. The lowest BCUT2D eigenvalue weighted by atomic mass is 9.90. The Hall–Kier alpha value is -1.63. The highest BCUT2D eigenvalue weighted by atomic mass is 16.5. The summed E-state index contributed by atoms with van der Waals surface area (Å²) in [7, 11) is 0. The van der Waals surface area contributed by atoms with Crippen LogP contribution in [0.25, 0.3) is 0 Å². The number of hydrogen-bond donors (Lipinski definition) is 3. The number of carboxylic acid groups (broad SMARTS) is 2. The molecule has 0 aliphatic heterocycles. The van der Waals surface area contributed by atoms with Gasteiger partial charge in [0.25, 0.3) is 0 Å². The minimum atomic E-state index is -2.63. The number of hydrogen-bond acceptors (Lipinski definition) is 5. The maximum absolute atomic E-state index is 11.8. The topological polar surface area (TPSA) is 121 Å². The number of esters is 1. The van der Waals surface area contributed by atoms with Crippen LogP contribution in [-0.4, -0.2) is 45.4 Å². The molecular weight excluding hydrogens is 376 g/mol. The van der Waals surface area contributed by atoms with Crippen molar-refractivity contribution in [2.24, 2.45) is 5.92 Å². The highest BCUT2D eigenvalue weighted by Gasteiger charge is 2.41. The molecule has 0 aliphatic rings. The van der Waals surface area contributed by atoms with Crippen LogP contribution in [0.15, 0.2) is 0 Å². The minimum Gasteiger partial charge on any atom is -0.481 e. The number of aliphatic hydroxyl groups is 1. The minimum absolute atomic E-state index is 0.155. The number of carbonyl (C=O) groups excluding carboxylic acids is 1. The Balaban J connectivity index is 4.32. The first-order chi connectivity index (χ1) is 13.7. The van der Waals surface area contributed by atoms with Crippen LogP contribution in [0.1, 0.15) is 104 Å². The zero-order valence-electron chi connectivity index (χ0n) is 18.2. The first-order valence-electron chi connectivity index (χ1n) is 11.1. The number of carboxylic acids is 2. The van der Waals surface area contributed by atoms with E-state index >= 15 is 0 Å². The zero-order chi connectivity index (χ0) is 22.1. The molecule has 0 aromatic carbocycles. The van der Waals surface area contributed by atoms with Crippen molar-refractivity contribution < 1.29 is 34.4 Å². The van der Waals surface area contributed by atoms with Crippen molar-refractivity contribution in [3.8, 4) is 0 Å². The van der Waals surface area contributed by atoms with Gasteiger partial charge in [0, 0.05) is 0 Å². The summed E-state index contributed by atoms with van der Waals surface area (Å²) in [5.41, 5.74) is -2.63. The molecule has 0 spiro atoms. The predicted octanol–water partition coefficient (Wildman–Crippen LogP) is 4.55. The normalized spacial score (nSPS) is 13.2. The van der Waals surface area contributed by atoms with E-state index in [0.29, 0.717) is 12.3 Å². The van der Waals surface area contributed by atoms with Gasteiger partial charge in [0.1, 0.15) is 0 Å². The van der Waals surface area contributed by atoms with E-state index in [1.54, 1.807) is 0 Å². The second-order valence-electron chi connectivity index (χ2n) is 8.01. The maximum Gasteiger partial charge on any atom is 0.336 e. The molecule has 0 fully saturated rings. The molecule has 0 aliphatic carbocycles. The lowest BCUT2D eigenvalue weighted by Gasteiger charge is -2.20. The molecule has 0 saturated heterocycles. The molecule has 0 amide bonds. The van der Waals surface area contributed by atoms with Crippen molar-refractivity contribution >= 4 is 17.9 Å². The third kappa shape index (κ3) is 14.1. The van der Waals surface area contributed by atoms with Gasteiger partial charge in [-0.3, -0.25) is 9.59 Å². The number of carbonyl (C=O) groups is 3. The molecule has 170 valence electrons. The van der Waals surface area contributed by atoms with Gasteiger partial charge in [-0.05, 0) is 18.8 Å². The molecule has 29 heavy (non-hydrogen) atoms. The Morgan fingerprint density at radius 1 is 0.793 bits per heavy atom. The molecule has 0 aromatic heterocycles. The molecule has 0 saturated carbocycles. The van der Waals surface area contributed by atoms with E-state index in [1.807, 2.05) is 0 Å². The van der Waals surface area contributed by atoms with Gasteiger partial charge in [0.15, 0.2) is 5.60 Å². The van der Waals surface area contributed by atoms with E-state index < -0.39 is 36.4 Å². The molecule has 0 aromatic rings. The second kappa shape index (κ2) is 16.2. The summed E-state index contributed by atoms with van der Waals surface area (Å²) in [6, 6.07) is 0. The van der Waals surface area contributed by atoms with Crippen LogP contribution in [0.3, 0.4) is 0 Å². The lowest BCUT2D eigenvalue weighted by molar-refractivity contribution is -0.172. The largest absolute Gasteiger partial charge is 0.481 e. The summed E-state index contributed by atoms with van der Waals surface area (Å²) in [4.78, 5) is 33.6. The van der Waals surface area contributed by atoms with Gasteiger partial charge in [-0.15, -0.1) is 0 Å². The smallest absolute Gasteiger partial charge is 0.336 e. The molecule has 7 nitrogen and oxygen atoms in total. The monoisotopic (exact) mass is 416 g/mol. The third-order valence-corrected chi connectivity index (χ3v) is 5.23. The van der Waals surface area contributed by atoms with Crippen LogP contribution in [0, 0.1) is 5.92 Å². The summed E-state index contributed by atoms with van der Waals surface area (Å²) in [5.74, 6) is -3.52. The van der Waals surface area contributed by atoms with Crippen molar-refractivity contribution in [1.29, 1.82) is 0 Å². The standard InChI is InChI=1S/C22H40O7/c1-3-5-7-9-12-18(13-10-8-6-4-2)14-11-15-29-20(25)17-22(28,21(26)27)16-19(23)24/h18,28H,3-17H2,1-2H3,(H,23,24)(H,26,27). The van der Waals surface area contributed by atoms with Gasteiger partial charge < -0.3 is 20.1 Å². The van der Waals surface area contributed by atoms with Crippen molar-refractivity contribution in [2.45, 2.75) is 109 Å². The van der Waals surface area contributed by atoms with E-state index in [9.17, 15) is 19.5 Å². The predicted molar refractivity (Wildman–Crippen MR) is 111 cm³/mol. The highest BCUT2D eigenvalue weighted by molar-refractivity contribution is 5.88. The molecule has 0 radical (unpaired) electrons. The van der Waals surface area contributed by atoms with Gasteiger partial charge in [-0.2, -0.15) is 0 Å². The number of unbranched alkanes of at least 4 members (excludes halogenated alkanes) is 6. The summed E-state index contributed by atoms with van der Waals surface area (Å²) in [6.45, 7) is 4.54. The molecule has 3 N–H and O–H groups in total. The SMILES string of the molecule is CCCCCCC(CCCCCC)CCCOC(=O)CC(O)(CC(=O)O)C(=O)O. The van der Waals surface area contributed by atoms with Gasteiger partial charge in [-0.25, -0.2) is 4.79 Å². The van der Waals surface area contributed by atoms with Crippen LogP contribution in [-0.2, 0) is 19.1 Å². The average Bonchev–Trinajstić information content (AvgIpc) is 2.64. The Kier molecular flexibility index (Phi) is 15.3. The van der Waals surface area contributed by atoms with E-state index in [4.69, 9.17) is 14.9 Å². The summed E-state index contributed by atoms with van der Waals surface area (Å²) < 4.78 is 5.05. The Labute approximate surface area is 174 Å². The Morgan fingerprint density at radius 3 is 1.76 bits per heavy atom. The molecule has 0 bridgehead atoms. The Morgan fingerprint density at radius 2 is 1.31 bits per heavy atom. The fraction of sp³-hybridized carbons (Fsp3) is 0.864. The van der Waals surface area contributed by atoms with Crippen LogP contribution < -0.4 is 0 Å². The summed E-state index contributed by atoms with van der Waals surface area (Å²) >= 11 is 0. The Bertz CT molecular complexity index is 466. The van der Waals surface area contributed by atoms with Crippen molar-refractivity contribution in [2.75, 3.05) is 6.61 Å². The molecule has 0 rings (SSSR count). The molecule has 0 heterocycles. The summed E-state index contributed by atoms with van der Waals surface area (Å²) in [6.07, 6.45) is 11.9. The van der Waals surface area contributed by atoms with Crippen molar-refractivity contribution in [1.82, 2.24) is 0 Å². The van der Waals surface area contributed by atoms with Crippen LogP contribution in [0.5, 0.6) is 0 Å². The van der Waals surface area contributed by atoms with Gasteiger partial charge >= 0.3 is 17.9 Å². The fourth-order valence-corrected chi connectivity index (χ4v) is 3.46. The van der Waals surface area contributed by atoms with Gasteiger partial charge in [-0.1, -0.05) is 78.1 Å². The maximum atomic E-state index is 11.8. The first-order valence-corrected chi connectivity index (χ1v) is 11.1. The van der Waals surface area contributed by atoms with Crippen LogP contribution in [0.2, 0.25) is 0 Å². The van der Waals surface area contributed by atoms with Gasteiger partial charge in [0.2, 0.25) is 0 Å². The van der Waals surface area contributed by atoms with Crippen LogP contribution >= 0.6 is 0 Å². The van der Waals surface area contributed by atoms with Gasteiger partial charge in [0.05, 0.1) is 19.4 Å². The summed E-state index contributed by atoms with van der Waals surface area (Å²) in [5, 5.41) is 27.6. The number of rotatable bonds is 19. The number of aliphatic carboxylic acids is 2. The molecule has 7 heteroatoms. The van der Waals surface area contributed by atoms with E-state index in [-0.39, 0.29) is 6.61 Å². The van der Waals surface area contributed by atoms with Crippen molar-refractivity contribution in [3.63, 3.8) is 0 Å². The highest BCUT2D eigenvalue weighted by Crippen LogP contribution is 2.23. The van der Waals surface area contributed by atoms with E-state index in [2.05, 4.69) is 13.8 Å². The lowest BCUT2D eigenvalue weighted by Crippen LogP contribution is -2.43. The molecule has 1 atom stereocenters. The average molecular weight is 417 g/mol. The number of ether oxygens (including phenoxy) is 1. The first kappa shape index (κ1) is 27.4. The fourth-order valence-electron chi connectivity index (χ4n) is 3.46. The second-order valence-corrected chi connectivity index (χ2v) is 8.01. The van der Waals surface area contributed by atoms with E-state index in [1.165, 1.54) is 64.2 Å². The van der Waals surface area contributed by atoms with Crippen molar-refractivity contribution in [3.05, 3.63) is 0 Å².